The molecule has 2 rings (SSSR count). The van der Waals surface area contributed by atoms with Gasteiger partial charge in [-0.1, -0.05) is 29.8 Å². The van der Waals surface area contributed by atoms with Crippen LogP contribution in [0.25, 0.3) is 0 Å². The van der Waals surface area contributed by atoms with Crippen molar-refractivity contribution in [3.8, 4) is 0 Å². The fourth-order valence-electron chi connectivity index (χ4n) is 2.00. The first kappa shape index (κ1) is 10.9. The second kappa shape index (κ2) is 3.74. The monoisotopic (exact) mass is 217 g/mol. The van der Waals surface area contributed by atoms with E-state index in [4.69, 9.17) is 0 Å². The summed E-state index contributed by atoms with van der Waals surface area (Å²) in [7, 11) is 0. The molecule has 0 spiro atoms. The van der Waals surface area contributed by atoms with Crippen molar-refractivity contribution in [2.75, 3.05) is 0 Å². The van der Waals surface area contributed by atoms with Crippen molar-refractivity contribution in [2.24, 2.45) is 0 Å². The van der Waals surface area contributed by atoms with E-state index in [9.17, 15) is 9.59 Å². The summed E-state index contributed by atoms with van der Waals surface area (Å²) in [6.07, 6.45) is 0.997. The molecule has 1 saturated heterocycles. The van der Waals surface area contributed by atoms with Crippen LogP contribution in [-0.4, -0.2) is 11.8 Å². The molecule has 0 aromatic heterocycles. The van der Waals surface area contributed by atoms with Gasteiger partial charge < -0.3 is 0 Å². The van der Waals surface area contributed by atoms with Crippen molar-refractivity contribution in [1.29, 1.82) is 0 Å². The van der Waals surface area contributed by atoms with Gasteiger partial charge in [0.05, 0.1) is 5.41 Å². The molecule has 0 saturated carbocycles. The molecule has 0 unspecified atom stereocenters. The minimum absolute atomic E-state index is 0.172. The van der Waals surface area contributed by atoms with Gasteiger partial charge in [0.25, 0.3) is 0 Å². The number of benzene rings is 1. The lowest BCUT2D eigenvalue weighted by atomic mass is 9.75. The van der Waals surface area contributed by atoms with Crippen molar-refractivity contribution in [3.63, 3.8) is 0 Å². The highest BCUT2D eigenvalue weighted by atomic mass is 16.2. The molecule has 1 aliphatic heterocycles. The molecule has 3 heteroatoms. The summed E-state index contributed by atoms with van der Waals surface area (Å²) in [6, 6.07) is 7.91. The topological polar surface area (TPSA) is 46.2 Å². The first-order chi connectivity index (χ1) is 7.52. The molecule has 84 valence electrons. The molecule has 16 heavy (non-hydrogen) atoms. The zero-order chi connectivity index (χ0) is 11.8. The average molecular weight is 217 g/mol. The number of rotatable bonds is 1. The molecular weight excluding hydrogens is 202 g/mol. The largest absolute Gasteiger partial charge is 0.296 e. The first-order valence-corrected chi connectivity index (χ1v) is 5.44. The zero-order valence-electron chi connectivity index (χ0n) is 9.54. The molecule has 0 radical (unpaired) electrons. The lowest BCUT2D eigenvalue weighted by molar-refractivity contribution is -0.137. The van der Waals surface area contributed by atoms with E-state index >= 15 is 0 Å². The number of piperidine rings is 1. The molecular formula is C13H15NO2. The molecule has 1 heterocycles. The fraction of sp³-hybridized carbons (Fsp3) is 0.385. The number of carbonyl (C=O) groups is 2. The van der Waals surface area contributed by atoms with Crippen LogP contribution in [0.5, 0.6) is 0 Å². The summed E-state index contributed by atoms with van der Waals surface area (Å²) in [5.74, 6) is -0.359. The van der Waals surface area contributed by atoms with Crippen LogP contribution in [0, 0.1) is 6.92 Å². The van der Waals surface area contributed by atoms with Gasteiger partial charge in [-0.2, -0.15) is 0 Å². The lowest BCUT2D eigenvalue weighted by Gasteiger charge is -2.32. The van der Waals surface area contributed by atoms with E-state index in [1.807, 2.05) is 38.1 Å². The Hall–Kier alpha value is -1.64. The van der Waals surface area contributed by atoms with Crippen LogP contribution in [0.15, 0.2) is 24.3 Å². The summed E-state index contributed by atoms with van der Waals surface area (Å²) in [5, 5.41) is 2.41. The van der Waals surface area contributed by atoms with Gasteiger partial charge in [-0.15, -0.1) is 0 Å². The highest BCUT2D eigenvalue weighted by molar-refractivity contribution is 6.03. The van der Waals surface area contributed by atoms with Crippen LogP contribution >= 0.6 is 0 Å². The molecule has 2 amide bonds. The van der Waals surface area contributed by atoms with Gasteiger partial charge >= 0.3 is 0 Å². The molecule has 1 atom stereocenters. The number of imide groups is 1. The lowest BCUT2D eigenvalue weighted by Crippen LogP contribution is -2.49. The highest BCUT2D eigenvalue weighted by Crippen LogP contribution is 2.31. The molecule has 1 aromatic rings. The third kappa shape index (κ3) is 1.73. The van der Waals surface area contributed by atoms with Gasteiger partial charge in [-0.25, -0.2) is 0 Å². The number of nitrogens with one attached hydrogen (secondary N) is 1. The van der Waals surface area contributed by atoms with Crippen LogP contribution in [0.1, 0.15) is 30.9 Å². The van der Waals surface area contributed by atoms with E-state index in [2.05, 4.69) is 5.32 Å². The maximum absolute atomic E-state index is 11.9. The van der Waals surface area contributed by atoms with Crippen molar-refractivity contribution in [3.05, 3.63) is 35.4 Å². The van der Waals surface area contributed by atoms with E-state index in [1.54, 1.807) is 0 Å². The second-order valence-corrected chi connectivity index (χ2v) is 4.58. The number of carbonyl (C=O) groups excluding carboxylic acids is 2. The Kier molecular flexibility index (Phi) is 2.54. The Morgan fingerprint density at radius 2 is 1.81 bits per heavy atom. The Balaban J connectivity index is 2.34. The van der Waals surface area contributed by atoms with Crippen LogP contribution < -0.4 is 5.32 Å². The molecule has 0 aliphatic carbocycles. The van der Waals surface area contributed by atoms with Crippen molar-refractivity contribution >= 4 is 11.8 Å². The van der Waals surface area contributed by atoms with Gasteiger partial charge in [0.15, 0.2) is 0 Å². The Bertz CT molecular complexity index is 436. The minimum Gasteiger partial charge on any atom is -0.296 e. The number of hydrogen-bond donors (Lipinski definition) is 1. The molecule has 1 N–H and O–H groups in total. The van der Waals surface area contributed by atoms with Crippen LogP contribution in [0.2, 0.25) is 0 Å². The van der Waals surface area contributed by atoms with Gasteiger partial charge in [0.2, 0.25) is 11.8 Å². The third-order valence-corrected chi connectivity index (χ3v) is 3.29. The number of amides is 2. The van der Waals surface area contributed by atoms with E-state index in [0.717, 1.165) is 5.56 Å². The predicted molar refractivity (Wildman–Crippen MR) is 60.9 cm³/mol. The van der Waals surface area contributed by atoms with E-state index < -0.39 is 5.41 Å². The van der Waals surface area contributed by atoms with Gasteiger partial charge in [-0.05, 0) is 25.8 Å². The third-order valence-electron chi connectivity index (χ3n) is 3.29. The summed E-state index contributed by atoms with van der Waals surface area (Å²) < 4.78 is 0. The smallest absolute Gasteiger partial charge is 0.236 e. The average Bonchev–Trinajstić information content (AvgIpc) is 2.25. The standard InChI is InChI=1S/C13H15NO2/c1-9-3-5-10(6-4-9)13(2)8-7-11(15)14-12(13)16/h3-6H,7-8H2,1-2H3,(H,14,15,16)/t13-/m0/s1. The summed E-state index contributed by atoms with van der Waals surface area (Å²) in [4.78, 5) is 23.0. The second-order valence-electron chi connectivity index (χ2n) is 4.58. The normalized spacial score (nSPS) is 25.4. The Labute approximate surface area is 94.9 Å². The van der Waals surface area contributed by atoms with Crippen molar-refractivity contribution in [1.82, 2.24) is 5.32 Å². The minimum atomic E-state index is -0.568. The molecule has 3 nitrogen and oxygen atoms in total. The SMILES string of the molecule is Cc1ccc([C@]2(C)CCC(=O)NC2=O)cc1. The Morgan fingerprint density at radius 1 is 1.19 bits per heavy atom. The molecule has 1 aromatic carbocycles. The highest BCUT2D eigenvalue weighted by Gasteiger charge is 2.39. The van der Waals surface area contributed by atoms with Crippen molar-refractivity contribution < 1.29 is 9.59 Å². The molecule has 0 bridgehead atoms. The molecule has 1 fully saturated rings. The van der Waals surface area contributed by atoms with E-state index in [1.165, 1.54) is 5.56 Å². The van der Waals surface area contributed by atoms with Crippen LogP contribution in [0.4, 0.5) is 0 Å². The fourth-order valence-corrected chi connectivity index (χ4v) is 2.00. The quantitative estimate of drug-likeness (QED) is 0.727. The van der Waals surface area contributed by atoms with Crippen LogP contribution in [0.3, 0.4) is 0 Å². The summed E-state index contributed by atoms with van der Waals surface area (Å²) in [5.41, 5.74) is 1.57. The molecule has 1 aliphatic rings. The Morgan fingerprint density at radius 3 is 2.38 bits per heavy atom. The maximum Gasteiger partial charge on any atom is 0.236 e. The van der Waals surface area contributed by atoms with Crippen LogP contribution in [-0.2, 0) is 15.0 Å². The van der Waals surface area contributed by atoms with E-state index in [0.29, 0.717) is 12.8 Å². The number of aryl methyl sites for hydroxylation is 1. The van der Waals surface area contributed by atoms with Gasteiger partial charge in [0, 0.05) is 6.42 Å². The summed E-state index contributed by atoms with van der Waals surface area (Å²) >= 11 is 0. The maximum atomic E-state index is 11.9. The summed E-state index contributed by atoms with van der Waals surface area (Å²) in [6.45, 7) is 3.90. The number of hydrogen-bond acceptors (Lipinski definition) is 2. The predicted octanol–water partition coefficient (Wildman–Crippen LogP) is 1.69. The van der Waals surface area contributed by atoms with Crippen molar-refractivity contribution in [2.45, 2.75) is 32.1 Å². The van der Waals surface area contributed by atoms with Gasteiger partial charge in [0.1, 0.15) is 0 Å². The zero-order valence-corrected chi connectivity index (χ0v) is 9.54. The first-order valence-electron chi connectivity index (χ1n) is 5.44. The van der Waals surface area contributed by atoms with E-state index in [-0.39, 0.29) is 11.8 Å². The van der Waals surface area contributed by atoms with Gasteiger partial charge in [-0.3, -0.25) is 14.9 Å².